The standard InChI is InChI=1S/C9H18ClNO/c1-3-9-7-12-8(2)6-11(9)5-4-10/h8-9H,3-7H2,1-2H3. The van der Waals surface area contributed by atoms with Gasteiger partial charge in [-0.1, -0.05) is 6.92 Å². The lowest BCUT2D eigenvalue weighted by Gasteiger charge is -2.37. The van der Waals surface area contributed by atoms with E-state index in [-0.39, 0.29) is 0 Å². The molecule has 0 bridgehead atoms. The van der Waals surface area contributed by atoms with Gasteiger partial charge in [0.15, 0.2) is 0 Å². The Hall–Kier alpha value is 0.210. The second kappa shape index (κ2) is 5.05. The van der Waals surface area contributed by atoms with Crippen LogP contribution in [-0.4, -0.2) is 42.6 Å². The van der Waals surface area contributed by atoms with E-state index in [1.807, 2.05) is 0 Å². The molecule has 0 N–H and O–H groups in total. The molecule has 0 amide bonds. The molecule has 2 unspecified atom stereocenters. The van der Waals surface area contributed by atoms with E-state index in [9.17, 15) is 0 Å². The average molecular weight is 192 g/mol. The van der Waals surface area contributed by atoms with E-state index in [4.69, 9.17) is 16.3 Å². The van der Waals surface area contributed by atoms with Crippen molar-refractivity contribution >= 4 is 11.6 Å². The molecular weight excluding hydrogens is 174 g/mol. The number of halogens is 1. The third kappa shape index (κ3) is 2.61. The monoisotopic (exact) mass is 191 g/mol. The maximum atomic E-state index is 5.72. The normalized spacial score (nSPS) is 32.2. The van der Waals surface area contributed by atoms with Crippen molar-refractivity contribution < 1.29 is 4.74 Å². The van der Waals surface area contributed by atoms with Gasteiger partial charge in [-0.15, -0.1) is 11.6 Å². The van der Waals surface area contributed by atoms with Gasteiger partial charge in [0.25, 0.3) is 0 Å². The van der Waals surface area contributed by atoms with Crippen molar-refractivity contribution in [3.8, 4) is 0 Å². The van der Waals surface area contributed by atoms with E-state index in [1.165, 1.54) is 0 Å². The molecule has 72 valence electrons. The number of alkyl halides is 1. The van der Waals surface area contributed by atoms with E-state index < -0.39 is 0 Å². The van der Waals surface area contributed by atoms with Gasteiger partial charge in [-0.3, -0.25) is 4.90 Å². The fourth-order valence-corrected chi connectivity index (χ4v) is 1.89. The molecule has 1 saturated heterocycles. The second-order valence-electron chi connectivity index (χ2n) is 3.39. The number of ether oxygens (including phenoxy) is 1. The first-order valence-electron chi connectivity index (χ1n) is 4.69. The van der Waals surface area contributed by atoms with Gasteiger partial charge in [0.2, 0.25) is 0 Å². The summed E-state index contributed by atoms with van der Waals surface area (Å²) in [5, 5.41) is 0. The van der Waals surface area contributed by atoms with Crippen LogP contribution in [0.2, 0.25) is 0 Å². The zero-order valence-electron chi connectivity index (χ0n) is 7.92. The first-order chi connectivity index (χ1) is 5.77. The van der Waals surface area contributed by atoms with Gasteiger partial charge in [0.05, 0.1) is 12.7 Å². The van der Waals surface area contributed by atoms with Crippen molar-refractivity contribution in [2.45, 2.75) is 32.4 Å². The highest BCUT2D eigenvalue weighted by Crippen LogP contribution is 2.13. The van der Waals surface area contributed by atoms with Crippen molar-refractivity contribution in [1.82, 2.24) is 4.90 Å². The molecule has 0 aromatic heterocycles. The van der Waals surface area contributed by atoms with Crippen molar-refractivity contribution in [2.24, 2.45) is 0 Å². The van der Waals surface area contributed by atoms with Crippen LogP contribution in [0, 0.1) is 0 Å². The first-order valence-corrected chi connectivity index (χ1v) is 5.23. The average Bonchev–Trinajstić information content (AvgIpc) is 2.05. The van der Waals surface area contributed by atoms with Gasteiger partial charge in [-0.05, 0) is 13.3 Å². The van der Waals surface area contributed by atoms with Crippen molar-refractivity contribution in [1.29, 1.82) is 0 Å². The Morgan fingerprint density at radius 2 is 2.33 bits per heavy atom. The highest BCUT2D eigenvalue weighted by Gasteiger charge is 2.24. The number of hydrogen-bond acceptors (Lipinski definition) is 2. The smallest absolute Gasteiger partial charge is 0.0674 e. The van der Waals surface area contributed by atoms with Crippen LogP contribution in [0.1, 0.15) is 20.3 Å². The molecular formula is C9H18ClNO. The van der Waals surface area contributed by atoms with Gasteiger partial charge in [0.1, 0.15) is 0 Å². The Bertz CT molecular complexity index is 132. The summed E-state index contributed by atoms with van der Waals surface area (Å²) in [5.74, 6) is 0.725. The Labute approximate surface area is 79.8 Å². The summed E-state index contributed by atoms with van der Waals surface area (Å²) in [4.78, 5) is 2.43. The fraction of sp³-hybridized carbons (Fsp3) is 1.00. The van der Waals surface area contributed by atoms with Crippen LogP contribution in [0.3, 0.4) is 0 Å². The molecule has 2 atom stereocenters. The van der Waals surface area contributed by atoms with Crippen molar-refractivity contribution in [3.63, 3.8) is 0 Å². The highest BCUT2D eigenvalue weighted by atomic mass is 35.5. The minimum absolute atomic E-state index is 0.371. The quantitative estimate of drug-likeness (QED) is 0.630. The zero-order valence-corrected chi connectivity index (χ0v) is 8.68. The van der Waals surface area contributed by atoms with E-state index in [1.54, 1.807) is 0 Å². The van der Waals surface area contributed by atoms with Crippen LogP contribution in [0.15, 0.2) is 0 Å². The molecule has 1 rings (SSSR count). The summed E-state index contributed by atoms with van der Waals surface area (Å²) in [6.07, 6.45) is 1.53. The minimum atomic E-state index is 0.371. The molecule has 2 nitrogen and oxygen atoms in total. The number of hydrogen-bond donors (Lipinski definition) is 0. The van der Waals surface area contributed by atoms with E-state index in [0.717, 1.165) is 32.0 Å². The van der Waals surface area contributed by atoms with Crippen LogP contribution in [-0.2, 0) is 4.74 Å². The number of morpholine rings is 1. The van der Waals surface area contributed by atoms with Crippen molar-refractivity contribution in [2.75, 3.05) is 25.6 Å². The van der Waals surface area contributed by atoms with Gasteiger partial charge >= 0.3 is 0 Å². The molecule has 3 heteroatoms. The molecule has 0 spiro atoms. The largest absolute Gasteiger partial charge is 0.376 e. The predicted molar refractivity (Wildman–Crippen MR) is 51.8 cm³/mol. The second-order valence-corrected chi connectivity index (χ2v) is 3.77. The van der Waals surface area contributed by atoms with Gasteiger partial charge < -0.3 is 4.74 Å². The van der Waals surface area contributed by atoms with Gasteiger partial charge in [-0.2, -0.15) is 0 Å². The summed E-state index contributed by atoms with van der Waals surface area (Å²) >= 11 is 5.72. The third-order valence-corrected chi connectivity index (χ3v) is 2.59. The van der Waals surface area contributed by atoms with Crippen molar-refractivity contribution in [3.05, 3.63) is 0 Å². The summed E-state index contributed by atoms with van der Waals surface area (Å²) in [7, 11) is 0. The number of nitrogens with zero attached hydrogens (tertiary/aromatic N) is 1. The summed E-state index contributed by atoms with van der Waals surface area (Å²) in [6.45, 7) is 7.21. The van der Waals surface area contributed by atoms with Crippen LogP contribution in [0.25, 0.3) is 0 Å². The number of rotatable bonds is 3. The lowest BCUT2D eigenvalue weighted by atomic mass is 10.1. The molecule has 1 aliphatic rings. The highest BCUT2D eigenvalue weighted by molar-refractivity contribution is 6.18. The molecule has 0 aliphatic carbocycles. The Kier molecular flexibility index (Phi) is 4.33. The molecule has 0 aromatic rings. The lowest BCUT2D eigenvalue weighted by Crippen LogP contribution is -2.49. The Morgan fingerprint density at radius 1 is 1.58 bits per heavy atom. The van der Waals surface area contributed by atoms with Crippen LogP contribution >= 0.6 is 11.6 Å². The topological polar surface area (TPSA) is 12.5 Å². The third-order valence-electron chi connectivity index (χ3n) is 2.42. The zero-order chi connectivity index (χ0) is 8.97. The lowest BCUT2D eigenvalue weighted by molar-refractivity contribution is -0.0533. The molecule has 0 radical (unpaired) electrons. The predicted octanol–water partition coefficient (Wildman–Crippen LogP) is 1.72. The van der Waals surface area contributed by atoms with E-state index in [2.05, 4.69) is 18.7 Å². The molecule has 0 saturated carbocycles. The van der Waals surface area contributed by atoms with Gasteiger partial charge in [-0.25, -0.2) is 0 Å². The van der Waals surface area contributed by atoms with Gasteiger partial charge in [0, 0.05) is 25.0 Å². The SMILES string of the molecule is CCC1COC(C)CN1CCCl. The summed E-state index contributed by atoms with van der Waals surface area (Å²) in [6, 6.07) is 0.583. The molecule has 1 heterocycles. The summed E-state index contributed by atoms with van der Waals surface area (Å²) in [5.41, 5.74) is 0. The Morgan fingerprint density at radius 3 is 2.92 bits per heavy atom. The van der Waals surface area contributed by atoms with E-state index in [0.29, 0.717) is 12.1 Å². The molecule has 12 heavy (non-hydrogen) atoms. The maximum absolute atomic E-state index is 5.72. The molecule has 0 aromatic carbocycles. The molecule has 1 fully saturated rings. The first kappa shape index (κ1) is 10.3. The van der Waals surface area contributed by atoms with Crippen LogP contribution in [0.5, 0.6) is 0 Å². The minimum Gasteiger partial charge on any atom is -0.376 e. The van der Waals surface area contributed by atoms with Crippen LogP contribution < -0.4 is 0 Å². The van der Waals surface area contributed by atoms with E-state index >= 15 is 0 Å². The Balaban J connectivity index is 2.40. The summed E-state index contributed by atoms with van der Waals surface area (Å²) < 4.78 is 5.57. The maximum Gasteiger partial charge on any atom is 0.0674 e. The van der Waals surface area contributed by atoms with Crippen LogP contribution in [0.4, 0.5) is 0 Å². The molecule has 1 aliphatic heterocycles. The fourth-order valence-electron chi connectivity index (χ4n) is 1.67.